The lowest BCUT2D eigenvalue weighted by Crippen LogP contribution is -2.56. The minimum atomic E-state index is -0.456. The van der Waals surface area contributed by atoms with E-state index in [9.17, 15) is 14.7 Å². The maximum absolute atomic E-state index is 12.5. The molecule has 6 atom stereocenters. The Labute approximate surface area is 164 Å². The van der Waals surface area contributed by atoms with E-state index in [1.54, 1.807) is 12.5 Å². The normalized spacial score (nSPS) is 37.6. The first kappa shape index (κ1) is 19.2. The molecular weight excluding hydrogens is 360 g/mol. The summed E-state index contributed by atoms with van der Waals surface area (Å²) < 4.78 is 16.6. The molecule has 1 saturated carbocycles. The van der Waals surface area contributed by atoms with Gasteiger partial charge in [0.25, 0.3) is 0 Å². The summed E-state index contributed by atoms with van der Waals surface area (Å²) in [6.45, 7) is 5.71. The van der Waals surface area contributed by atoms with E-state index in [2.05, 4.69) is 13.8 Å². The monoisotopic (exact) mass is 388 g/mol. The Morgan fingerprint density at radius 2 is 2.21 bits per heavy atom. The Bertz CT molecular complexity index is 796. The highest BCUT2D eigenvalue weighted by atomic mass is 16.6. The van der Waals surface area contributed by atoms with Crippen molar-refractivity contribution in [3.63, 3.8) is 0 Å². The van der Waals surface area contributed by atoms with Crippen LogP contribution in [-0.4, -0.2) is 29.8 Å². The Morgan fingerprint density at radius 1 is 1.43 bits per heavy atom. The first-order valence-electron chi connectivity index (χ1n) is 10.0. The highest BCUT2D eigenvalue weighted by Gasteiger charge is 2.65. The molecule has 0 spiro atoms. The average Bonchev–Trinajstić information content (AvgIpc) is 3.25. The van der Waals surface area contributed by atoms with Gasteiger partial charge in [0, 0.05) is 30.1 Å². The number of hydrogen-bond donors (Lipinski definition) is 1. The molecular formula is C22H28O6. The van der Waals surface area contributed by atoms with Gasteiger partial charge in [-0.2, -0.15) is 0 Å². The van der Waals surface area contributed by atoms with E-state index in [1.807, 2.05) is 12.1 Å². The van der Waals surface area contributed by atoms with Crippen molar-refractivity contribution in [3.05, 3.63) is 35.8 Å². The summed E-state index contributed by atoms with van der Waals surface area (Å²) in [7, 11) is 0. The number of carbonyl (C=O) groups excluding carboxylic acids is 2. The Morgan fingerprint density at radius 3 is 2.86 bits per heavy atom. The fraction of sp³-hybridized carbons (Fsp3) is 0.636. The Balaban J connectivity index is 1.74. The third kappa shape index (κ3) is 2.72. The minimum Gasteiger partial charge on any atom is -0.472 e. The van der Waals surface area contributed by atoms with Gasteiger partial charge in [0.05, 0.1) is 12.5 Å². The van der Waals surface area contributed by atoms with Crippen LogP contribution in [0, 0.1) is 22.7 Å². The molecule has 1 aromatic heterocycles. The molecule has 3 aliphatic rings. The van der Waals surface area contributed by atoms with E-state index < -0.39 is 6.10 Å². The van der Waals surface area contributed by atoms with Crippen molar-refractivity contribution in [1.82, 2.24) is 0 Å². The molecule has 6 unspecified atom stereocenters. The van der Waals surface area contributed by atoms with Crippen LogP contribution in [0.4, 0.5) is 0 Å². The maximum atomic E-state index is 12.5. The Kier molecular flexibility index (Phi) is 4.65. The van der Waals surface area contributed by atoms with E-state index in [0.29, 0.717) is 12.8 Å². The third-order valence-electron chi connectivity index (χ3n) is 7.54. The van der Waals surface area contributed by atoms with E-state index in [0.717, 1.165) is 24.0 Å². The predicted molar refractivity (Wildman–Crippen MR) is 99.9 cm³/mol. The molecule has 1 N–H and O–H groups in total. The zero-order chi connectivity index (χ0) is 20.1. The number of aliphatic hydroxyl groups is 1. The summed E-state index contributed by atoms with van der Waals surface area (Å²) in [5, 5.41) is 10.2. The average molecular weight is 388 g/mol. The molecule has 0 bridgehead atoms. The molecule has 6 heteroatoms. The molecule has 6 nitrogen and oxygen atoms in total. The van der Waals surface area contributed by atoms with Crippen molar-refractivity contribution >= 4 is 11.9 Å². The van der Waals surface area contributed by atoms with Gasteiger partial charge in [-0.1, -0.05) is 19.9 Å². The van der Waals surface area contributed by atoms with Gasteiger partial charge < -0.3 is 19.0 Å². The molecule has 1 aliphatic heterocycles. The van der Waals surface area contributed by atoms with Crippen LogP contribution >= 0.6 is 0 Å². The summed E-state index contributed by atoms with van der Waals surface area (Å²) in [6.07, 6.45) is 7.44. The van der Waals surface area contributed by atoms with Gasteiger partial charge in [0.1, 0.15) is 12.2 Å². The van der Waals surface area contributed by atoms with Gasteiger partial charge >= 0.3 is 11.9 Å². The van der Waals surface area contributed by atoms with Gasteiger partial charge in [0.15, 0.2) is 0 Å². The highest BCUT2D eigenvalue weighted by molar-refractivity contribution is 5.93. The van der Waals surface area contributed by atoms with Gasteiger partial charge in [-0.25, -0.2) is 4.79 Å². The molecule has 1 aromatic rings. The number of carbonyl (C=O) groups is 2. The van der Waals surface area contributed by atoms with Crippen LogP contribution < -0.4 is 0 Å². The number of furan rings is 1. The van der Waals surface area contributed by atoms with Gasteiger partial charge in [-0.3, -0.25) is 4.79 Å². The molecule has 2 heterocycles. The first-order chi connectivity index (χ1) is 13.3. The molecule has 2 aliphatic carbocycles. The predicted octanol–water partition coefficient (Wildman–Crippen LogP) is 3.56. The third-order valence-corrected chi connectivity index (χ3v) is 7.54. The first-order valence-corrected chi connectivity index (χ1v) is 10.0. The maximum Gasteiger partial charge on any atom is 0.334 e. The summed E-state index contributed by atoms with van der Waals surface area (Å²) in [5.41, 5.74) is 0.895. The number of ether oxygens (including phenoxy) is 2. The summed E-state index contributed by atoms with van der Waals surface area (Å²) >= 11 is 0. The number of allylic oxidation sites excluding steroid dienone is 1. The topological polar surface area (TPSA) is 86.0 Å². The van der Waals surface area contributed by atoms with Crippen molar-refractivity contribution in [1.29, 1.82) is 0 Å². The van der Waals surface area contributed by atoms with Crippen LogP contribution in [0.15, 0.2) is 34.7 Å². The van der Waals surface area contributed by atoms with Crippen LogP contribution in [0.3, 0.4) is 0 Å². The second-order valence-electron chi connectivity index (χ2n) is 8.90. The smallest absolute Gasteiger partial charge is 0.334 e. The molecule has 4 rings (SSSR count). The number of rotatable bonds is 5. The molecule has 0 radical (unpaired) electrons. The van der Waals surface area contributed by atoms with Crippen molar-refractivity contribution in [2.24, 2.45) is 22.7 Å². The summed E-state index contributed by atoms with van der Waals surface area (Å²) in [5.74, 6) is -0.471. The SMILES string of the molecule is CC(=O)OC(CC1(C)C(CO)CC2OC(=O)C3=CCCC1C32C)c1ccoc1. The molecule has 2 fully saturated rings. The highest BCUT2D eigenvalue weighted by Crippen LogP contribution is 2.65. The fourth-order valence-electron chi connectivity index (χ4n) is 6.12. The largest absolute Gasteiger partial charge is 0.472 e. The molecule has 1 saturated heterocycles. The second kappa shape index (κ2) is 6.76. The zero-order valence-corrected chi connectivity index (χ0v) is 16.6. The van der Waals surface area contributed by atoms with E-state index in [-0.39, 0.29) is 47.3 Å². The van der Waals surface area contributed by atoms with Crippen molar-refractivity contribution in [2.75, 3.05) is 6.61 Å². The lowest BCUT2D eigenvalue weighted by atomic mass is 9.46. The van der Waals surface area contributed by atoms with Crippen LogP contribution in [0.2, 0.25) is 0 Å². The second-order valence-corrected chi connectivity index (χ2v) is 8.90. The lowest BCUT2D eigenvalue weighted by Gasteiger charge is -2.58. The molecule has 28 heavy (non-hydrogen) atoms. The van der Waals surface area contributed by atoms with Crippen LogP contribution in [0.5, 0.6) is 0 Å². The zero-order valence-electron chi connectivity index (χ0n) is 16.6. The quantitative estimate of drug-likeness (QED) is 0.776. The van der Waals surface area contributed by atoms with Crippen molar-refractivity contribution in [2.45, 2.75) is 58.7 Å². The molecule has 152 valence electrons. The minimum absolute atomic E-state index is 0.00829. The molecule has 0 amide bonds. The van der Waals surface area contributed by atoms with Crippen molar-refractivity contribution < 1.29 is 28.6 Å². The number of esters is 2. The summed E-state index contributed by atoms with van der Waals surface area (Å²) in [4.78, 5) is 24.3. The van der Waals surface area contributed by atoms with Gasteiger partial charge in [-0.05, 0) is 49.0 Å². The van der Waals surface area contributed by atoms with E-state index >= 15 is 0 Å². The summed E-state index contributed by atoms with van der Waals surface area (Å²) in [6, 6.07) is 1.81. The lowest BCUT2D eigenvalue weighted by molar-refractivity contribution is -0.164. The Hall–Kier alpha value is -2.08. The van der Waals surface area contributed by atoms with Gasteiger partial charge in [-0.15, -0.1) is 0 Å². The number of hydrogen-bond acceptors (Lipinski definition) is 6. The van der Waals surface area contributed by atoms with Crippen molar-refractivity contribution in [3.8, 4) is 0 Å². The standard InChI is InChI=1S/C22H28O6/c1-13(24)27-17(14-7-8-26-12-14)10-21(2)15(11-23)9-19-22(3)16(20(25)28-19)5-4-6-18(21)22/h5,7-8,12,15,17-19,23H,4,6,9-11H2,1-3H3. The molecule has 0 aromatic carbocycles. The van der Waals surface area contributed by atoms with Gasteiger partial charge in [0.2, 0.25) is 0 Å². The fourth-order valence-corrected chi connectivity index (χ4v) is 6.12. The van der Waals surface area contributed by atoms with Crippen LogP contribution in [-0.2, 0) is 19.1 Å². The van der Waals surface area contributed by atoms with E-state index in [4.69, 9.17) is 13.9 Å². The van der Waals surface area contributed by atoms with Crippen LogP contribution in [0.25, 0.3) is 0 Å². The number of aliphatic hydroxyl groups excluding tert-OH is 1. The van der Waals surface area contributed by atoms with Crippen LogP contribution in [0.1, 0.15) is 58.1 Å². The van der Waals surface area contributed by atoms with E-state index in [1.165, 1.54) is 6.92 Å².